The van der Waals surface area contributed by atoms with Gasteiger partial charge in [0, 0.05) is 23.3 Å². The normalized spacial score (nSPS) is 20.1. The van der Waals surface area contributed by atoms with Crippen molar-refractivity contribution in [3.63, 3.8) is 0 Å². The molecule has 3 aromatic rings. The first-order valence-electron chi connectivity index (χ1n) is 10.8. The second-order valence-corrected chi connectivity index (χ2v) is 10.3. The monoisotopic (exact) mass is 463 g/mol. The molecule has 5 rings (SSSR count). The van der Waals surface area contributed by atoms with E-state index in [1.54, 1.807) is 11.3 Å². The highest BCUT2D eigenvalue weighted by Crippen LogP contribution is 2.48. The Morgan fingerprint density at radius 1 is 1.33 bits per heavy atom. The molecule has 0 radical (unpaired) electrons. The van der Waals surface area contributed by atoms with E-state index in [0.717, 1.165) is 21.5 Å². The fraction of sp³-hybridized carbons (Fsp3) is 0.320. The van der Waals surface area contributed by atoms with Gasteiger partial charge in [0.1, 0.15) is 11.3 Å². The highest BCUT2D eigenvalue weighted by molar-refractivity contribution is 7.10. The number of ether oxygens (including phenoxy) is 2. The molecule has 0 fully saturated rings. The van der Waals surface area contributed by atoms with Gasteiger partial charge in [0.15, 0.2) is 5.78 Å². The first-order valence-corrected chi connectivity index (χ1v) is 11.6. The second-order valence-electron chi connectivity index (χ2n) is 9.29. The van der Waals surface area contributed by atoms with E-state index in [0.29, 0.717) is 30.7 Å². The number of ketones is 1. The molecule has 33 heavy (non-hydrogen) atoms. The molecule has 170 valence electrons. The van der Waals surface area contributed by atoms with Crippen LogP contribution < -0.4 is 5.73 Å². The van der Waals surface area contributed by atoms with Crippen molar-refractivity contribution in [3.8, 4) is 0 Å². The summed E-state index contributed by atoms with van der Waals surface area (Å²) in [7, 11) is 1.30. The van der Waals surface area contributed by atoms with Gasteiger partial charge < -0.3 is 19.8 Å². The number of nitrogens with zero attached hydrogens (tertiary/aromatic N) is 2. The summed E-state index contributed by atoms with van der Waals surface area (Å²) in [6, 6.07) is 10.0. The van der Waals surface area contributed by atoms with Crippen molar-refractivity contribution >= 4 is 34.1 Å². The number of fused-ring (bicyclic) bond motifs is 1. The summed E-state index contributed by atoms with van der Waals surface area (Å²) in [6.07, 6.45) is 2.79. The zero-order valence-corrected chi connectivity index (χ0v) is 19.6. The minimum atomic E-state index is -0.602. The molecule has 7 nitrogen and oxygen atoms in total. The summed E-state index contributed by atoms with van der Waals surface area (Å²) >= 11 is 1.57. The van der Waals surface area contributed by atoms with Crippen LogP contribution in [-0.2, 0) is 25.6 Å². The number of esters is 1. The van der Waals surface area contributed by atoms with Crippen molar-refractivity contribution < 1.29 is 19.1 Å². The van der Waals surface area contributed by atoms with Crippen molar-refractivity contribution in [1.82, 2.24) is 9.55 Å². The van der Waals surface area contributed by atoms with E-state index < -0.39 is 11.9 Å². The van der Waals surface area contributed by atoms with Crippen LogP contribution in [0.2, 0.25) is 0 Å². The number of Topliss-reactive ketones (excluding diaryl/α,β-unsaturated/α-hetero) is 1. The molecule has 1 aromatic carbocycles. The first-order chi connectivity index (χ1) is 15.8. The van der Waals surface area contributed by atoms with E-state index in [1.165, 1.54) is 7.11 Å². The van der Waals surface area contributed by atoms with Crippen LogP contribution in [0.15, 0.2) is 64.8 Å². The van der Waals surface area contributed by atoms with E-state index in [2.05, 4.69) is 9.55 Å². The molecule has 2 aliphatic rings. The summed E-state index contributed by atoms with van der Waals surface area (Å²) in [5.74, 6) is -0.651. The maximum Gasteiger partial charge on any atom is 0.340 e. The van der Waals surface area contributed by atoms with Crippen LogP contribution in [0.25, 0.3) is 11.0 Å². The lowest BCUT2D eigenvalue weighted by atomic mass is 9.70. The lowest BCUT2D eigenvalue weighted by Gasteiger charge is -2.37. The van der Waals surface area contributed by atoms with Crippen molar-refractivity contribution in [1.29, 1.82) is 0 Å². The smallest absolute Gasteiger partial charge is 0.340 e. The van der Waals surface area contributed by atoms with Crippen LogP contribution in [0.5, 0.6) is 0 Å². The molecule has 8 heteroatoms. The predicted molar refractivity (Wildman–Crippen MR) is 125 cm³/mol. The SMILES string of the molecule is COC(=O)C1=C(N)OC2=C(C(=O)CC(C)(C)C2)C1c1csc(Cn2cnc3ccccc32)c1. The number of hydrogen-bond donors (Lipinski definition) is 1. The van der Waals surface area contributed by atoms with Crippen LogP contribution in [0.4, 0.5) is 0 Å². The standard InChI is InChI=1S/C25H25N3O4S/c1-25(2)9-18(29)21-19(10-25)32-23(26)22(24(30)31-3)20(21)14-8-15(33-12-14)11-28-13-27-16-6-4-5-7-17(16)28/h4-8,12-13,20H,9-11,26H2,1-3H3. The number of aromatic nitrogens is 2. The fourth-order valence-electron chi connectivity index (χ4n) is 4.76. The quantitative estimate of drug-likeness (QED) is 0.581. The zero-order valence-electron chi connectivity index (χ0n) is 18.8. The number of methoxy groups -OCH3 is 1. The van der Waals surface area contributed by atoms with Gasteiger partial charge >= 0.3 is 5.97 Å². The Balaban J connectivity index is 1.56. The van der Waals surface area contributed by atoms with Crippen LogP contribution >= 0.6 is 11.3 Å². The number of hydrogen-bond acceptors (Lipinski definition) is 7. The maximum atomic E-state index is 13.2. The summed E-state index contributed by atoms with van der Waals surface area (Å²) in [6.45, 7) is 4.69. The number of para-hydroxylation sites is 2. The average Bonchev–Trinajstić information content (AvgIpc) is 3.39. The summed E-state index contributed by atoms with van der Waals surface area (Å²) in [5, 5.41) is 1.98. The van der Waals surface area contributed by atoms with Crippen molar-refractivity contribution in [3.05, 3.63) is 75.3 Å². The number of allylic oxidation sites excluding steroid dienone is 2. The predicted octanol–water partition coefficient (Wildman–Crippen LogP) is 4.25. The average molecular weight is 464 g/mol. The minimum absolute atomic E-state index is 0.00412. The van der Waals surface area contributed by atoms with Crippen LogP contribution in [0, 0.1) is 5.41 Å². The number of rotatable bonds is 4. The molecule has 3 heterocycles. The Hall–Kier alpha value is -3.39. The highest BCUT2D eigenvalue weighted by atomic mass is 32.1. The van der Waals surface area contributed by atoms with Gasteiger partial charge in [-0.25, -0.2) is 9.78 Å². The molecule has 2 aromatic heterocycles. The number of imidazole rings is 1. The number of benzene rings is 1. The van der Waals surface area contributed by atoms with Gasteiger partial charge in [0.2, 0.25) is 5.88 Å². The fourth-order valence-corrected chi connectivity index (χ4v) is 5.67. The van der Waals surface area contributed by atoms with E-state index in [1.807, 2.05) is 55.9 Å². The Labute approximate surface area is 195 Å². The number of nitrogens with two attached hydrogens (primary N) is 1. The number of thiophene rings is 1. The molecule has 1 atom stereocenters. The van der Waals surface area contributed by atoms with Crippen LogP contribution in [-0.4, -0.2) is 28.4 Å². The van der Waals surface area contributed by atoms with Gasteiger partial charge in [-0.3, -0.25) is 4.79 Å². The molecule has 1 aliphatic heterocycles. The molecule has 1 aliphatic carbocycles. The lowest BCUT2D eigenvalue weighted by molar-refractivity contribution is -0.136. The Bertz CT molecular complexity index is 1340. The molecule has 0 amide bonds. The molecule has 0 saturated heterocycles. The largest absolute Gasteiger partial charge is 0.465 e. The van der Waals surface area contributed by atoms with Gasteiger partial charge in [0.05, 0.1) is 36.9 Å². The van der Waals surface area contributed by atoms with E-state index in [4.69, 9.17) is 15.2 Å². The third-order valence-corrected chi connectivity index (χ3v) is 7.16. The maximum absolute atomic E-state index is 13.2. The first kappa shape index (κ1) is 21.5. The van der Waals surface area contributed by atoms with Crippen molar-refractivity contribution in [2.24, 2.45) is 11.1 Å². The number of carbonyl (C=O) groups is 2. The summed E-state index contributed by atoms with van der Waals surface area (Å²) < 4.78 is 12.9. The Kier molecular flexibility index (Phi) is 5.12. The molecule has 0 spiro atoms. The van der Waals surface area contributed by atoms with E-state index >= 15 is 0 Å². The second kappa shape index (κ2) is 7.88. The molecular weight excluding hydrogens is 438 g/mol. The van der Waals surface area contributed by atoms with Crippen molar-refractivity contribution in [2.75, 3.05) is 7.11 Å². The zero-order chi connectivity index (χ0) is 23.3. The van der Waals surface area contributed by atoms with Gasteiger partial charge in [-0.05, 0) is 34.6 Å². The van der Waals surface area contributed by atoms with Crippen molar-refractivity contribution in [2.45, 2.75) is 39.2 Å². The Morgan fingerprint density at radius 3 is 2.91 bits per heavy atom. The molecule has 0 bridgehead atoms. The third kappa shape index (κ3) is 3.74. The Morgan fingerprint density at radius 2 is 2.12 bits per heavy atom. The third-order valence-electron chi connectivity index (χ3n) is 6.22. The number of carbonyl (C=O) groups excluding carboxylic acids is 2. The summed E-state index contributed by atoms with van der Waals surface area (Å²) in [5.41, 5.74) is 9.50. The van der Waals surface area contributed by atoms with Gasteiger partial charge in [0.25, 0.3) is 0 Å². The van der Waals surface area contributed by atoms with Crippen LogP contribution in [0.3, 0.4) is 0 Å². The van der Waals surface area contributed by atoms with Gasteiger partial charge in [-0.15, -0.1) is 11.3 Å². The van der Waals surface area contributed by atoms with Gasteiger partial charge in [-0.1, -0.05) is 26.0 Å². The molecule has 0 saturated carbocycles. The highest BCUT2D eigenvalue weighted by Gasteiger charge is 2.45. The molecule has 1 unspecified atom stereocenters. The topological polar surface area (TPSA) is 96.4 Å². The van der Waals surface area contributed by atoms with Crippen LogP contribution in [0.1, 0.15) is 43.0 Å². The van der Waals surface area contributed by atoms with Gasteiger partial charge in [-0.2, -0.15) is 0 Å². The molecule has 2 N–H and O–H groups in total. The minimum Gasteiger partial charge on any atom is -0.465 e. The van der Waals surface area contributed by atoms with E-state index in [-0.39, 0.29) is 22.7 Å². The lowest BCUT2D eigenvalue weighted by Crippen LogP contribution is -2.35. The molecular formula is C25H25N3O4S. The van der Waals surface area contributed by atoms with E-state index in [9.17, 15) is 9.59 Å². The summed E-state index contributed by atoms with van der Waals surface area (Å²) in [4.78, 5) is 31.5.